The van der Waals surface area contributed by atoms with Gasteiger partial charge in [0.25, 0.3) is 11.5 Å². The molecule has 0 saturated carbocycles. The summed E-state index contributed by atoms with van der Waals surface area (Å²) in [6.45, 7) is 6.51. The average molecular weight is 575 g/mol. The lowest BCUT2D eigenvalue weighted by molar-refractivity contribution is 0.0826. The van der Waals surface area contributed by atoms with Crippen LogP contribution in [0.4, 0.5) is 14.5 Å². The van der Waals surface area contributed by atoms with E-state index >= 15 is 0 Å². The number of pyridine rings is 2. The van der Waals surface area contributed by atoms with E-state index in [0.717, 1.165) is 52.3 Å². The minimum Gasteiger partial charge on any atom is -0.384 e. The summed E-state index contributed by atoms with van der Waals surface area (Å²) >= 11 is 0. The average Bonchev–Trinajstić information content (AvgIpc) is 3.59. The Kier molecular flexibility index (Phi) is 8.27. The van der Waals surface area contributed by atoms with E-state index in [4.69, 9.17) is 0 Å². The van der Waals surface area contributed by atoms with E-state index in [1.165, 1.54) is 4.90 Å². The molecule has 1 aromatic carbocycles. The van der Waals surface area contributed by atoms with Gasteiger partial charge in [0, 0.05) is 93.2 Å². The number of nitrogens with one attached hydrogen (secondary N) is 1. The zero-order chi connectivity index (χ0) is 30.1. The number of carbonyl (C=O) groups excluding carboxylic acids is 1. The fourth-order valence-electron chi connectivity index (χ4n) is 5.69. The van der Waals surface area contributed by atoms with Crippen molar-refractivity contribution in [2.24, 2.45) is 7.05 Å². The Morgan fingerprint density at radius 3 is 2.50 bits per heavy atom. The van der Waals surface area contributed by atoms with Gasteiger partial charge < -0.3 is 14.8 Å². The molecular formula is C32H36F2N6O2. The molecule has 2 aliphatic heterocycles. The predicted octanol–water partition coefficient (Wildman–Crippen LogP) is 4.99. The quantitative estimate of drug-likeness (QED) is 0.364. The van der Waals surface area contributed by atoms with Gasteiger partial charge in [-0.25, -0.2) is 13.8 Å². The molecule has 0 bridgehead atoms. The molecule has 4 aromatic rings. The summed E-state index contributed by atoms with van der Waals surface area (Å²) in [5, 5.41) is 4.14. The summed E-state index contributed by atoms with van der Waals surface area (Å²) in [6.07, 6.45) is 6.55. The van der Waals surface area contributed by atoms with Crippen LogP contribution in [-0.2, 0) is 20.0 Å². The van der Waals surface area contributed by atoms with Gasteiger partial charge in [0.1, 0.15) is 17.3 Å². The normalized spacial score (nSPS) is 14.6. The zero-order valence-corrected chi connectivity index (χ0v) is 24.7. The van der Waals surface area contributed by atoms with E-state index < -0.39 is 17.5 Å². The van der Waals surface area contributed by atoms with Crippen molar-refractivity contribution >= 4 is 28.2 Å². The Morgan fingerprint density at radius 1 is 1.10 bits per heavy atom. The van der Waals surface area contributed by atoms with Crippen molar-refractivity contribution in [2.75, 3.05) is 39.0 Å². The fourth-order valence-corrected chi connectivity index (χ4v) is 5.69. The number of amides is 1. The highest BCUT2D eigenvalue weighted by atomic mass is 19.1. The van der Waals surface area contributed by atoms with Gasteiger partial charge in [-0.1, -0.05) is 19.9 Å². The Hall–Kier alpha value is -4.31. The largest absolute Gasteiger partial charge is 0.384 e. The van der Waals surface area contributed by atoms with Gasteiger partial charge in [0.2, 0.25) is 0 Å². The smallest absolute Gasteiger partial charge is 0.260 e. The van der Waals surface area contributed by atoms with Crippen LogP contribution in [0.25, 0.3) is 22.3 Å². The maximum absolute atomic E-state index is 14.9. The maximum Gasteiger partial charge on any atom is 0.260 e. The number of anilines is 1. The Labute approximate surface area is 243 Å². The molecule has 0 aliphatic carbocycles. The van der Waals surface area contributed by atoms with Gasteiger partial charge >= 0.3 is 0 Å². The lowest BCUT2D eigenvalue weighted by Crippen LogP contribution is -2.29. The molecule has 10 heteroatoms. The molecule has 2 aliphatic rings. The Morgan fingerprint density at radius 2 is 1.83 bits per heavy atom. The highest BCUT2D eigenvalue weighted by Crippen LogP contribution is 2.30. The van der Waals surface area contributed by atoms with Crippen molar-refractivity contribution < 1.29 is 13.6 Å². The SMILES string of the molecule is CC.CN(C)C(=O)c1cc(F)c(C2=CCN(Cc3cc4c(-n5ccc6c(c5=O)CCN6)ccnc4n3C)CC2)c(F)c1. The van der Waals surface area contributed by atoms with Crippen LogP contribution < -0.4 is 10.9 Å². The summed E-state index contributed by atoms with van der Waals surface area (Å²) in [6, 6.07) is 8.08. The van der Waals surface area contributed by atoms with Gasteiger partial charge in [-0.2, -0.15) is 0 Å². The summed E-state index contributed by atoms with van der Waals surface area (Å²) in [7, 11) is 5.04. The molecule has 1 amide bonds. The number of fused-ring (bicyclic) bond motifs is 2. The molecule has 1 N–H and O–H groups in total. The van der Waals surface area contributed by atoms with Crippen LogP contribution in [-0.4, -0.2) is 63.6 Å². The topological polar surface area (TPSA) is 75.4 Å². The first-order chi connectivity index (χ1) is 20.2. The van der Waals surface area contributed by atoms with E-state index in [0.29, 0.717) is 38.0 Å². The van der Waals surface area contributed by atoms with Crippen LogP contribution in [0.2, 0.25) is 0 Å². The molecule has 5 heterocycles. The first-order valence-electron chi connectivity index (χ1n) is 14.3. The standard InChI is InChI=1S/C30H30F2N6O2.C2H6/c1-35(2)29(39)19-14-23(31)27(24(32)15-19)18-6-11-37(12-7-18)17-20-16-22-26(5-10-34-28(22)36(20)3)38-13-8-25-21(30(38)40)4-9-33-25;1-2/h5-6,8,10,13-16,33H,4,7,9,11-12,17H2,1-3H3;1-2H3. The van der Waals surface area contributed by atoms with Crippen molar-refractivity contribution in [3.63, 3.8) is 0 Å². The Bertz CT molecular complexity index is 1730. The molecule has 220 valence electrons. The van der Waals surface area contributed by atoms with E-state index in [1.807, 2.05) is 43.7 Å². The summed E-state index contributed by atoms with van der Waals surface area (Å²) in [4.78, 5) is 33.4. The van der Waals surface area contributed by atoms with Gasteiger partial charge in [0.05, 0.1) is 5.69 Å². The number of hydrogen-bond donors (Lipinski definition) is 1. The van der Waals surface area contributed by atoms with Crippen LogP contribution in [0.5, 0.6) is 0 Å². The van der Waals surface area contributed by atoms with Gasteiger partial charge in [-0.3, -0.25) is 19.1 Å². The highest BCUT2D eigenvalue weighted by Gasteiger charge is 2.23. The maximum atomic E-state index is 14.9. The second kappa shape index (κ2) is 11.9. The van der Waals surface area contributed by atoms with E-state index in [9.17, 15) is 18.4 Å². The second-order valence-corrected chi connectivity index (χ2v) is 10.6. The number of nitrogens with zero attached hydrogens (tertiary/aromatic N) is 5. The molecular weight excluding hydrogens is 538 g/mol. The van der Waals surface area contributed by atoms with Crippen molar-refractivity contribution in [3.8, 4) is 5.69 Å². The number of benzene rings is 1. The number of rotatable bonds is 5. The summed E-state index contributed by atoms with van der Waals surface area (Å²) in [5.74, 6) is -1.90. The highest BCUT2D eigenvalue weighted by molar-refractivity contribution is 5.94. The van der Waals surface area contributed by atoms with Gasteiger partial charge in [-0.15, -0.1) is 0 Å². The van der Waals surface area contributed by atoms with Crippen molar-refractivity contribution in [1.82, 2.24) is 23.9 Å². The minimum atomic E-state index is -0.727. The van der Waals surface area contributed by atoms with Crippen LogP contribution in [0.1, 0.15) is 47.4 Å². The van der Waals surface area contributed by atoms with Crippen LogP contribution in [0, 0.1) is 11.6 Å². The molecule has 0 radical (unpaired) electrons. The van der Waals surface area contributed by atoms with Crippen LogP contribution in [0.3, 0.4) is 0 Å². The number of carbonyl (C=O) groups is 1. The summed E-state index contributed by atoms with van der Waals surface area (Å²) in [5.41, 5.74) is 4.78. The van der Waals surface area contributed by atoms with Gasteiger partial charge in [-0.05, 0) is 48.7 Å². The molecule has 0 atom stereocenters. The molecule has 6 rings (SSSR count). The first-order valence-corrected chi connectivity index (χ1v) is 14.3. The number of halogens is 2. The Balaban J connectivity index is 0.00000173. The van der Waals surface area contributed by atoms with E-state index in [2.05, 4.69) is 21.3 Å². The van der Waals surface area contributed by atoms with Crippen molar-refractivity contribution in [2.45, 2.75) is 33.2 Å². The molecule has 0 spiro atoms. The fraction of sp³-hybridized carbons (Fsp3) is 0.344. The van der Waals surface area contributed by atoms with Gasteiger partial charge in [0.15, 0.2) is 0 Å². The molecule has 0 fully saturated rings. The number of aromatic nitrogens is 3. The lowest BCUT2D eigenvalue weighted by atomic mass is 9.96. The molecule has 8 nitrogen and oxygen atoms in total. The number of aryl methyl sites for hydroxylation is 1. The van der Waals surface area contributed by atoms with Crippen LogP contribution >= 0.6 is 0 Å². The van der Waals surface area contributed by atoms with Crippen LogP contribution in [0.15, 0.2) is 53.6 Å². The minimum absolute atomic E-state index is 0.00985. The first kappa shape index (κ1) is 29.2. The molecule has 0 saturated heterocycles. The third-order valence-corrected chi connectivity index (χ3v) is 7.84. The van der Waals surface area contributed by atoms with E-state index in [-0.39, 0.29) is 16.7 Å². The summed E-state index contributed by atoms with van der Waals surface area (Å²) < 4.78 is 33.5. The van der Waals surface area contributed by atoms with E-state index in [1.54, 1.807) is 31.1 Å². The predicted molar refractivity (Wildman–Crippen MR) is 162 cm³/mol. The third kappa shape index (κ3) is 5.22. The van der Waals surface area contributed by atoms with Crippen molar-refractivity contribution in [3.05, 3.63) is 93.2 Å². The molecule has 3 aromatic heterocycles. The van der Waals surface area contributed by atoms with Crippen molar-refractivity contribution in [1.29, 1.82) is 0 Å². The molecule has 0 unspecified atom stereocenters. The zero-order valence-electron chi connectivity index (χ0n) is 24.7. The molecule has 42 heavy (non-hydrogen) atoms. The number of hydrogen-bond acceptors (Lipinski definition) is 5. The third-order valence-electron chi connectivity index (χ3n) is 7.84. The second-order valence-electron chi connectivity index (χ2n) is 10.6. The lowest BCUT2D eigenvalue weighted by Gasteiger charge is -2.27. The monoisotopic (exact) mass is 574 g/mol.